The third kappa shape index (κ3) is 6.47. The molecule has 0 saturated carbocycles. The number of carbonyl (C=O) groups excluding carboxylic acids is 2. The van der Waals surface area contributed by atoms with Crippen molar-refractivity contribution in [1.29, 1.82) is 0 Å². The number of aromatic nitrogens is 4. The Morgan fingerprint density at radius 1 is 0.717 bits per heavy atom. The van der Waals surface area contributed by atoms with Crippen molar-refractivity contribution in [3.8, 4) is 33.6 Å². The van der Waals surface area contributed by atoms with Crippen molar-refractivity contribution >= 4 is 11.8 Å². The van der Waals surface area contributed by atoms with Crippen molar-refractivity contribution in [1.82, 2.24) is 29.7 Å². The zero-order valence-electron chi connectivity index (χ0n) is 26.3. The number of carbonyl (C=O) groups is 2. The fraction of sp³-hybridized carbons (Fsp3) is 0.412. The monoisotopic (exact) mass is 626 g/mol. The average molecular weight is 627 g/mol. The second-order valence-corrected chi connectivity index (χ2v) is 12.0. The van der Waals surface area contributed by atoms with E-state index in [2.05, 4.69) is 68.5 Å². The van der Waals surface area contributed by atoms with Gasteiger partial charge in [0.05, 0.1) is 49.1 Å². The van der Waals surface area contributed by atoms with Crippen LogP contribution in [0.2, 0.25) is 0 Å². The van der Waals surface area contributed by atoms with Gasteiger partial charge in [-0.25, -0.2) is 9.97 Å². The molecule has 2 saturated heterocycles. The third-order valence-electron chi connectivity index (χ3n) is 8.95. The average Bonchev–Trinajstić information content (AvgIpc) is 3.90. The van der Waals surface area contributed by atoms with Gasteiger partial charge in [-0.2, -0.15) is 0 Å². The molecule has 4 atom stereocenters. The Morgan fingerprint density at radius 3 is 1.46 bits per heavy atom. The van der Waals surface area contributed by atoms with Crippen molar-refractivity contribution in [2.75, 3.05) is 40.5 Å². The maximum absolute atomic E-state index is 12.9. The summed E-state index contributed by atoms with van der Waals surface area (Å²) in [5.41, 5.74) is 18.1. The third-order valence-corrected chi connectivity index (χ3v) is 8.95. The summed E-state index contributed by atoms with van der Waals surface area (Å²) in [5, 5.41) is 0. The van der Waals surface area contributed by atoms with Gasteiger partial charge in [0, 0.05) is 27.3 Å². The maximum atomic E-state index is 12.9. The molecule has 2 fully saturated rings. The number of hydrogen-bond acceptors (Lipinski definition) is 8. The van der Waals surface area contributed by atoms with Gasteiger partial charge in [0.2, 0.25) is 11.8 Å². The van der Waals surface area contributed by atoms with Crippen LogP contribution in [0.3, 0.4) is 0 Å². The fourth-order valence-corrected chi connectivity index (χ4v) is 6.55. The molecular weight excluding hydrogens is 584 g/mol. The highest BCUT2D eigenvalue weighted by Crippen LogP contribution is 2.34. The first-order valence-electron chi connectivity index (χ1n) is 15.8. The summed E-state index contributed by atoms with van der Waals surface area (Å²) in [7, 11) is 3.09. The number of aromatic amines is 2. The molecule has 2 aliphatic heterocycles. The van der Waals surface area contributed by atoms with Gasteiger partial charge in [0.15, 0.2) is 0 Å². The Morgan fingerprint density at radius 2 is 1.09 bits per heavy atom. The molecule has 6 rings (SSSR count). The van der Waals surface area contributed by atoms with Gasteiger partial charge >= 0.3 is 0 Å². The number of nitrogens with one attached hydrogen (secondary N) is 2. The summed E-state index contributed by atoms with van der Waals surface area (Å²) in [6.45, 7) is 1.71. The molecule has 0 radical (unpaired) electrons. The molecule has 0 aliphatic carbocycles. The predicted octanol–water partition coefficient (Wildman–Crippen LogP) is 3.41. The molecule has 46 heavy (non-hydrogen) atoms. The van der Waals surface area contributed by atoms with Crippen LogP contribution < -0.4 is 11.5 Å². The number of nitrogens with two attached hydrogens (primary N) is 2. The second kappa shape index (κ2) is 14.0. The molecular formula is C34H42N8O4. The lowest BCUT2D eigenvalue weighted by molar-refractivity contribution is -0.135. The Labute approximate surface area is 268 Å². The molecule has 4 aromatic rings. The number of amides is 2. The van der Waals surface area contributed by atoms with E-state index in [0.29, 0.717) is 13.1 Å². The van der Waals surface area contributed by atoms with Crippen molar-refractivity contribution in [2.45, 2.75) is 49.9 Å². The van der Waals surface area contributed by atoms with E-state index in [1.807, 2.05) is 22.2 Å². The van der Waals surface area contributed by atoms with E-state index in [-0.39, 0.29) is 37.1 Å². The quantitative estimate of drug-likeness (QED) is 0.196. The van der Waals surface area contributed by atoms with E-state index >= 15 is 0 Å². The van der Waals surface area contributed by atoms with Gasteiger partial charge in [-0.05, 0) is 47.9 Å². The fourth-order valence-electron chi connectivity index (χ4n) is 6.55. The summed E-state index contributed by atoms with van der Waals surface area (Å²) in [6, 6.07) is 15.1. The molecule has 2 aliphatic rings. The number of ether oxygens (including phenoxy) is 2. The smallest absolute Gasteiger partial charge is 0.242 e. The summed E-state index contributed by atoms with van der Waals surface area (Å²) >= 11 is 0. The molecule has 0 spiro atoms. The molecule has 2 aromatic heterocycles. The van der Waals surface area contributed by atoms with Gasteiger partial charge < -0.3 is 40.7 Å². The molecule has 1 unspecified atom stereocenters. The van der Waals surface area contributed by atoms with Gasteiger partial charge in [0.25, 0.3) is 0 Å². The van der Waals surface area contributed by atoms with Gasteiger partial charge in [0.1, 0.15) is 23.7 Å². The van der Waals surface area contributed by atoms with Crippen LogP contribution in [-0.2, 0) is 19.1 Å². The SMILES string of the molecule is COC[C@H](N)C(=O)N1CCCC1c1ncc(-c2ccc(-c3ccc(-c4cnc([C@@H]5CCCN5C(=O)[C@@H](N)COC)[nH]4)cc3)cc2)[nH]1. The second-order valence-electron chi connectivity index (χ2n) is 12.0. The van der Waals surface area contributed by atoms with Crippen LogP contribution in [0.15, 0.2) is 60.9 Å². The number of imidazole rings is 2. The van der Waals surface area contributed by atoms with Crippen LogP contribution in [0.1, 0.15) is 49.4 Å². The zero-order valence-corrected chi connectivity index (χ0v) is 26.3. The van der Waals surface area contributed by atoms with Crippen LogP contribution in [0.5, 0.6) is 0 Å². The first kappa shape index (κ1) is 31.6. The molecule has 6 N–H and O–H groups in total. The first-order valence-corrected chi connectivity index (χ1v) is 15.8. The van der Waals surface area contributed by atoms with E-state index < -0.39 is 12.1 Å². The van der Waals surface area contributed by atoms with E-state index in [1.165, 1.54) is 0 Å². The normalized spacial score (nSPS) is 19.5. The molecule has 0 bridgehead atoms. The number of methoxy groups -OCH3 is 2. The summed E-state index contributed by atoms with van der Waals surface area (Å²) in [5.74, 6) is 1.33. The zero-order chi connectivity index (χ0) is 32.2. The van der Waals surface area contributed by atoms with Crippen molar-refractivity contribution in [3.05, 3.63) is 72.6 Å². The van der Waals surface area contributed by atoms with E-state index in [4.69, 9.17) is 20.9 Å². The Hall–Kier alpha value is -4.36. The van der Waals surface area contributed by atoms with Crippen molar-refractivity contribution in [2.24, 2.45) is 11.5 Å². The Kier molecular flexibility index (Phi) is 9.59. The van der Waals surface area contributed by atoms with E-state index in [9.17, 15) is 9.59 Å². The summed E-state index contributed by atoms with van der Waals surface area (Å²) in [4.78, 5) is 45.5. The van der Waals surface area contributed by atoms with Crippen LogP contribution in [0.4, 0.5) is 0 Å². The number of nitrogens with zero attached hydrogens (tertiary/aromatic N) is 4. The summed E-state index contributed by atoms with van der Waals surface area (Å²) < 4.78 is 10.2. The molecule has 4 heterocycles. The Bertz CT molecular complexity index is 1510. The van der Waals surface area contributed by atoms with Gasteiger partial charge in [-0.1, -0.05) is 48.5 Å². The maximum Gasteiger partial charge on any atom is 0.242 e. The van der Waals surface area contributed by atoms with E-state index in [0.717, 1.165) is 71.0 Å². The summed E-state index contributed by atoms with van der Waals surface area (Å²) in [6.07, 6.45) is 7.15. The number of likely N-dealkylation sites (tertiary alicyclic amines) is 2. The number of benzene rings is 2. The van der Waals surface area contributed by atoms with Gasteiger partial charge in [-0.3, -0.25) is 9.59 Å². The largest absolute Gasteiger partial charge is 0.383 e. The molecule has 2 amide bonds. The minimum absolute atomic E-state index is 0.110. The molecule has 12 nitrogen and oxygen atoms in total. The van der Waals surface area contributed by atoms with Crippen LogP contribution in [-0.4, -0.2) is 94.2 Å². The molecule has 12 heteroatoms. The van der Waals surface area contributed by atoms with Gasteiger partial charge in [-0.15, -0.1) is 0 Å². The van der Waals surface area contributed by atoms with Crippen LogP contribution in [0.25, 0.3) is 33.6 Å². The standard InChI is InChI=1S/C34H42N8O4/c1-45-19-25(35)33(43)41-15-3-5-29(41)31-37-17-27(39-31)23-11-7-21(8-12-23)22-9-13-24(14-10-22)28-18-38-32(40-28)30-6-4-16-42(30)34(44)26(36)20-46-2/h7-14,17-18,25-26,29-30H,3-6,15-16,19-20,35-36H2,1-2H3,(H,37,39)(H,38,40)/t25-,26-,29-,30?/m0/s1. The van der Waals surface area contributed by atoms with Crippen LogP contribution in [0, 0.1) is 0 Å². The topological polar surface area (TPSA) is 168 Å². The number of H-pyrrole nitrogens is 2. The minimum atomic E-state index is -0.676. The minimum Gasteiger partial charge on any atom is -0.383 e. The highest BCUT2D eigenvalue weighted by molar-refractivity contribution is 5.83. The van der Waals surface area contributed by atoms with Crippen molar-refractivity contribution in [3.63, 3.8) is 0 Å². The van der Waals surface area contributed by atoms with Crippen LogP contribution >= 0.6 is 0 Å². The van der Waals surface area contributed by atoms with Crippen molar-refractivity contribution < 1.29 is 19.1 Å². The molecule has 242 valence electrons. The lowest BCUT2D eigenvalue weighted by atomic mass is 10.0. The highest BCUT2D eigenvalue weighted by Gasteiger charge is 2.35. The number of rotatable bonds is 11. The Balaban J connectivity index is 1.11. The lowest BCUT2D eigenvalue weighted by Crippen LogP contribution is -2.45. The predicted molar refractivity (Wildman–Crippen MR) is 174 cm³/mol. The lowest BCUT2D eigenvalue weighted by Gasteiger charge is -2.26. The van der Waals surface area contributed by atoms with E-state index in [1.54, 1.807) is 14.2 Å². The highest BCUT2D eigenvalue weighted by atomic mass is 16.5. The first-order chi connectivity index (χ1) is 22.4. The molecule has 2 aromatic carbocycles. The number of hydrogen-bond donors (Lipinski definition) is 4.